The quantitative estimate of drug-likeness (QED) is 0.724. The standard InChI is InChI=1S/C17H9ClFNO4S/c18-11-7-10(2-3-12(11)19)20-16(21)15(25-17(20)22)6-9-1-4-13-14(5-9)24-8-23-13/h1-7H,8H2/b15-6-. The van der Waals surface area contributed by atoms with Crippen molar-refractivity contribution in [3.05, 3.63) is 57.7 Å². The highest BCUT2D eigenvalue weighted by atomic mass is 35.5. The summed E-state index contributed by atoms with van der Waals surface area (Å²) in [5.74, 6) is 0.105. The van der Waals surface area contributed by atoms with Gasteiger partial charge in [0, 0.05) is 0 Å². The van der Waals surface area contributed by atoms with Crippen LogP contribution >= 0.6 is 23.4 Å². The topological polar surface area (TPSA) is 55.8 Å². The third kappa shape index (κ3) is 2.85. The number of carbonyl (C=O) groups is 2. The predicted molar refractivity (Wildman–Crippen MR) is 92.4 cm³/mol. The Morgan fingerprint density at radius 1 is 1.12 bits per heavy atom. The monoisotopic (exact) mass is 377 g/mol. The molecule has 2 aliphatic rings. The normalized spacial score (nSPS) is 17.7. The van der Waals surface area contributed by atoms with Gasteiger partial charge in [-0.2, -0.15) is 0 Å². The Labute approximate surface area is 151 Å². The Bertz CT molecular complexity index is 946. The van der Waals surface area contributed by atoms with Gasteiger partial charge in [0.15, 0.2) is 11.5 Å². The van der Waals surface area contributed by atoms with E-state index >= 15 is 0 Å². The molecule has 0 spiro atoms. The lowest BCUT2D eigenvalue weighted by Gasteiger charge is -2.12. The summed E-state index contributed by atoms with van der Waals surface area (Å²) < 4.78 is 23.8. The molecular weight excluding hydrogens is 369 g/mol. The largest absolute Gasteiger partial charge is 0.454 e. The van der Waals surface area contributed by atoms with Crippen LogP contribution in [0, 0.1) is 5.82 Å². The second-order valence-corrected chi connectivity index (χ2v) is 6.63. The molecule has 0 aromatic heterocycles. The SMILES string of the molecule is O=C1S/C(=C\c2ccc3c(c2)OCO3)C(=O)N1c1ccc(F)c(Cl)c1. The smallest absolute Gasteiger partial charge is 0.298 e. The van der Waals surface area contributed by atoms with Crippen molar-refractivity contribution in [3.63, 3.8) is 0 Å². The van der Waals surface area contributed by atoms with Crippen molar-refractivity contribution in [2.24, 2.45) is 0 Å². The lowest BCUT2D eigenvalue weighted by Crippen LogP contribution is -2.27. The van der Waals surface area contributed by atoms with Gasteiger partial charge in [-0.3, -0.25) is 9.59 Å². The van der Waals surface area contributed by atoms with Crippen molar-refractivity contribution in [1.82, 2.24) is 0 Å². The number of fused-ring (bicyclic) bond motifs is 1. The van der Waals surface area contributed by atoms with E-state index in [-0.39, 0.29) is 22.4 Å². The van der Waals surface area contributed by atoms with Crippen LogP contribution in [0.1, 0.15) is 5.56 Å². The number of rotatable bonds is 2. The molecule has 5 nitrogen and oxygen atoms in total. The highest BCUT2D eigenvalue weighted by molar-refractivity contribution is 8.19. The highest BCUT2D eigenvalue weighted by Gasteiger charge is 2.36. The molecule has 126 valence electrons. The molecule has 8 heteroatoms. The fourth-order valence-corrected chi connectivity index (χ4v) is 3.48. The number of imide groups is 1. The second-order valence-electron chi connectivity index (χ2n) is 5.23. The first-order valence-corrected chi connectivity index (χ1v) is 8.35. The van der Waals surface area contributed by atoms with Crippen molar-refractivity contribution in [3.8, 4) is 11.5 Å². The van der Waals surface area contributed by atoms with Crippen LogP contribution in [0.25, 0.3) is 6.08 Å². The number of nitrogens with zero attached hydrogens (tertiary/aromatic N) is 1. The lowest BCUT2D eigenvalue weighted by atomic mass is 10.2. The minimum absolute atomic E-state index is 0.153. The molecule has 2 aromatic carbocycles. The molecule has 2 amide bonds. The van der Waals surface area contributed by atoms with Gasteiger partial charge < -0.3 is 9.47 Å². The van der Waals surface area contributed by atoms with Crippen LogP contribution in [-0.4, -0.2) is 17.9 Å². The van der Waals surface area contributed by atoms with Gasteiger partial charge in [-0.25, -0.2) is 9.29 Å². The third-order valence-corrected chi connectivity index (χ3v) is 4.81. The van der Waals surface area contributed by atoms with E-state index in [0.717, 1.165) is 22.7 Å². The summed E-state index contributed by atoms with van der Waals surface area (Å²) in [5.41, 5.74) is 0.926. The number of benzene rings is 2. The number of anilines is 1. The van der Waals surface area contributed by atoms with Gasteiger partial charge in [-0.15, -0.1) is 0 Å². The number of halogens is 2. The van der Waals surface area contributed by atoms with E-state index in [1.54, 1.807) is 24.3 Å². The van der Waals surface area contributed by atoms with E-state index < -0.39 is 17.0 Å². The molecule has 2 aliphatic heterocycles. The average Bonchev–Trinajstić information content (AvgIpc) is 3.15. The van der Waals surface area contributed by atoms with Gasteiger partial charge in [0.1, 0.15) is 5.82 Å². The van der Waals surface area contributed by atoms with E-state index in [1.807, 2.05) is 0 Å². The van der Waals surface area contributed by atoms with Crippen molar-refractivity contribution in [1.29, 1.82) is 0 Å². The first-order valence-electron chi connectivity index (χ1n) is 7.15. The van der Waals surface area contributed by atoms with Gasteiger partial charge in [0.2, 0.25) is 6.79 Å². The van der Waals surface area contributed by atoms with Gasteiger partial charge >= 0.3 is 0 Å². The highest BCUT2D eigenvalue weighted by Crippen LogP contribution is 2.38. The van der Waals surface area contributed by atoms with Crippen molar-refractivity contribution in [2.45, 2.75) is 0 Å². The molecule has 1 saturated heterocycles. The van der Waals surface area contributed by atoms with E-state index in [0.29, 0.717) is 17.1 Å². The first-order chi connectivity index (χ1) is 12.0. The molecule has 1 fully saturated rings. The molecule has 0 radical (unpaired) electrons. The summed E-state index contributed by atoms with van der Waals surface area (Å²) >= 11 is 6.54. The Morgan fingerprint density at radius 2 is 1.92 bits per heavy atom. The van der Waals surface area contributed by atoms with Crippen molar-refractivity contribution in [2.75, 3.05) is 11.7 Å². The number of thioether (sulfide) groups is 1. The predicted octanol–water partition coefficient (Wildman–Crippen LogP) is 4.45. The molecule has 0 aliphatic carbocycles. The molecule has 0 saturated carbocycles. The number of hydrogen-bond donors (Lipinski definition) is 0. The summed E-state index contributed by atoms with van der Waals surface area (Å²) in [6, 6.07) is 8.92. The van der Waals surface area contributed by atoms with Crippen LogP contribution in [0.4, 0.5) is 14.9 Å². The van der Waals surface area contributed by atoms with Gasteiger partial charge in [0.25, 0.3) is 11.1 Å². The zero-order valence-electron chi connectivity index (χ0n) is 12.5. The minimum atomic E-state index is -0.617. The van der Waals surface area contributed by atoms with Crippen LogP contribution < -0.4 is 14.4 Å². The van der Waals surface area contributed by atoms with Crippen LogP contribution in [0.2, 0.25) is 5.02 Å². The molecule has 0 atom stereocenters. The maximum Gasteiger partial charge on any atom is 0.298 e. The van der Waals surface area contributed by atoms with E-state index in [1.165, 1.54) is 12.1 Å². The summed E-state index contributed by atoms with van der Waals surface area (Å²) in [6.45, 7) is 0.153. The van der Waals surface area contributed by atoms with E-state index in [9.17, 15) is 14.0 Å². The number of carbonyl (C=O) groups excluding carboxylic acids is 2. The molecule has 0 bridgehead atoms. The number of amides is 2. The number of hydrogen-bond acceptors (Lipinski definition) is 5. The summed E-state index contributed by atoms with van der Waals surface area (Å²) in [4.78, 5) is 26.0. The third-order valence-electron chi connectivity index (χ3n) is 3.65. The van der Waals surface area contributed by atoms with Crippen LogP contribution in [-0.2, 0) is 4.79 Å². The lowest BCUT2D eigenvalue weighted by molar-refractivity contribution is -0.113. The van der Waals surface area contributed by atoms with Crippen molar-refractivity contribution >= 4 is 46.3 Å². The van der Waals surface area contributed by atoms with Gasteiger partial charge in [-0.05, 0) is 53.7 Å². The average molecular weight is 378 g/mol. The van der Waals surface area contributed by atoms with Gasteiger partial charge in [0.05, 0.1) is 15.6 Å². The molecule has 25 heavy (non-hydrogen) atoms. The number of ether oxygens (including phenoxy) is 2. The van der Waals surface area contributed by atoms with E-state index in [2.05, 4.69) is 0 Å². The molecule has 0 N–H and O–H groups in total. The summed E-state index contributed by atoms with van der Waals surface area (Å²) in [7, 11) is 0. The van der Waals surface area contributed by atoms with Crippen LogP contribution in [0.3, 0.4) is 0 Å². The fraction of sp³-hybridized carbons (Fsp3) is 0.0588. The van der Waals surface area contributed by atoms with Gasteiger partial charge in [-0.1, -0.05) is 17.7 Å². The minimum Gasteiger partial charge on any atom is -0.454 e. The molecule has 2 heterocycles. The fourth-order valence-electron chi connectivity index (χ4n) is 2.47. The Hall–Kier alpha value is -2.51. The zero-order chi connectivity index (χ0) is 17.6. The molecule has 0 unspecified atom stereocenters. The Morgan fingerprint density at radius 3 is 2.72 bits per heavy atom. The molecular formula is C17H9ClFNO4S. The Balaban J connectivity index is 1.65. The maximum absolute atomic E-state index is 13.3. The second kappa shape index (κ2) is 6.09. The first kappa shape index (κ1) is 16.0. The molecule has 2 aromatic rings. The van der Waals surface area contributed by atoms with Crippen LogP contribution in [0.15, 0.2) is 41.3 Å². The zero-order valence-corrected chi connectivity index (χ0v) is 14.1. The van der Waals surface area contributed by atoms with E-state index in [4.69, 9.17) is 21.1 Å². The maximum atomic E-state index is 13.3. The summed E-state index contributed by atoms with van der Waals surface area (Å²) in [5, 5.41) is -0.629. The van der Waals surface area contributed by atoms with Crippen molar-refractivity contribution < 1.29 is 23.5 Å². The molecule has 4 rings (SSSR count). The Kier molecular flexibility index (Phi) is 3.89. The summed E-state index contributed by atoms with van der Waals surface area (Å²) in [6.07, 6.45) is 1.60. The van der Waals surface area contributed by atoms with Crippen LogP contribution in [0.5, 0.6) is 11.5 Å².